The van der Waals surface area contributed by atoms with Gasteiger partial charge in [0.25, 0.3) is 0 Å². The van der Waals surface area contributed by atoms with E-state index >= 15 is 0 Å². The van der Waals surface area contributed by atoms with Crippen LogP contribution in [0.3, 0.4) is 0 Å². The van der Waals surface area contributed by atoms with Gasteiger partial charge < -0.3 is 5.32 Å². The first kappa shape index (κ1) is 22.4. The summed E-state index contributed by atoms with van der Waals surface area (Å²) in [6.07, 6.45) is 0.0944. The fourth-order valence-corrected chi connectivity index (χ4v) is 5.39. The summed E-state index contributed by atoms with van der Waals surface area (Å²) in [6, 6.07) is 13.6. The highest BCUT2D eigenvalue weighted by Crippen LogP contribution is 2.25. The molecule has 3 aromatic rings. The van der Waals surface area contributed by atoms with Gasteiger partial charge in [0.15, 0.2) is 0 Å². The maximum absolute atomic E-state index is 12.7. The van der Waals surface area contributed by atoms with Gasteiger partial charge in [-0.2, -0.15) is 4.31 Å². The summed E-state index contributed by atoms with van der Waals surface area (Å²) in [6.45, 7) is 4.35. The lowest BCUT2D eigenvalue weighted by Crippen LogP contribution is -2.30. The zero-order chi connectivity index (χ0) is 21.7. The number of hydrogen-bond donors (Lipinski definition) is 1. The zero-order valence-corrected chi connectivity index (χ0v) is 19.0. The highest BCUT2D eigenvalue weighted by atomic mass is 35.5. The van der Waals surface area contributed by atoms with Gasteiger partial charge in [0, 0.05) is 34.7 Å². The minimum atomic E-state index is -3.59. The predicted octanol–water partition coefficient (Wildman–Crippen LogP) is 4.68. The van der Waals surface area contributed by atoms with Gasteiger partial charge in [-0.05, 0) is 30.3 Å². The first-order valence-corrected chi connectivity index (χ1v) is 12.1. The van der Waals surface area contributed by atoms with E-state index in [0.29, 0.717) is 29.5 Å². The van der Waals surface area contributed by atoms with Gasteiger partial charge >= 0.3 is 0 Å². The first-order valence-electron chi connectivity index (χ1n) is 9.44. The highest BCUT2D eigenvalue weighted by Gasteiger charge is 2.22. The van der Waals surface area contributed by atoms with Gasteiger partial charge in [-0.15, -0.1) is 11.3 Å². The smallest absolute Gasteiger partial charge is 0.243 e. The molecule has 30 heavy (non-hydrogen) atoms. The van der Waals surface area contributed by atoms with Crippen LogP contribution >= 0.6 is 22.9 Å². The third kappa shape index (κ3) is 5.26. The van der Waals surface area contributed by atoms with Crippen LogP contribution in [-0.2, 0) is 21.2 Å². The Morgan fingerprint density at radius 3 is 2.50 bits per heavy atom. The molecule has 3 rings (SSSR count). The summed E-state index contributed by atoms with van der Waals surface area (Å²) in [5.41, 5.74) is 2.01. The van der Waals surface area contributed by atoms with Crippen molar-refractivity contribution in [2.75, 3.05) is 18.4 Å². The number of benzene rings is 2. The number of halogens is 1. The molecule has 158 valence electrons. The fourth-order valence-electron chi connectivity index (χ4n) is 2.93. The molecule has 0 radical (unpaired) electrons. The third-order valence-corrected chi connectivity index (χ3v) is 7.68. The Labute approximate surface area is 185 Å². The quantitative estimate of drug-likeness (QED) is 0.526. The number of nitrogens with one attached hydrogen (secondary N) is 1. The van der Waals surface area contributed by atoms with E-state index in [4.69, 9.17) is 11.6 Å². The van der Waals surface area contributed by atoms with Crippen molar-refractivity contribution < 1.29 is 13.2 Å². The number of thiazole rings is 1. The number of nitrogens with zero attached hydrogens (tertiary/aromatic N) is 2. The second-order valence-electron chi connectivity index (χ2n) is 6.49. The molecular formula is C21H22ClN3O3S2. The lowest BCUT2D eigenvalue weighted by molar-refractivity contribution is -0.115. The van der Waals surface area contributed by atoms with E-state index in [-0.39, 0.29) is 17.2 Å². The van der Waals surface area contributed by atoms with Gasteiger partial charge in [-0.3, -0.25) is 4.79 Å². The Kier molecular flexibility index (Phi) is 7.25. The lowest BCUT2D eigenvalue weighted by Gasteiger charge is -2.18. The summed E-state index contributed by atoms with van der Waals surface area (Å²) in [5, 5.41) is 6.06. The minimum absolute atomic E-state index is 0.0944. The molecule has 0 unspecified atom stereocenters. The van der Waals surface area contributed by atoms with Crippen LogP contribution in [0.5, 0.6) is 0 Å². The van der Waals surface area contributed by atoms with E-state index in [1.807, 2.05) is 17.5 Å². The van der Waals surface area contributed by atoms with Crippen molar-refractivity contribution in [3.05, 3.63) is 64.6 Å². The van der Waals surface area contributed by atoms with Gasteiger partial charge in [0.1, 0.15) is 5.01 Å². The van der Waals surface area contributed by atoms with E-state index in [2.05, 4.69) is 10.3 Å². The van der Waals surface area contributed by atoms with Crippen molar-refractivity contribution in [1.82, 2.24) is 9.29 Å². The SMILES string of the molecule is CCN(CC)S(=O)(=O)c1cccc(NC(=O)Cc2csc(-c3ccc(Cl)cc3)n2)c1. The monoisotopic (exact) mass is 463 g/mol. The Bertz CT molecular complexity index is 1120. The molecule has 1 amide bonds. The Balaban J connectivity index is 1.69. The topological polar surface area (TPSA) is 79.4 Å². The van der Waals surface area contributed by atoms with Crippen molar-refractivity contribution in [3.63, 3.8) is 0 Å². The van der Waals surface area contributed by atoms with E-state index in [1.165, 1.54) is 27.8 Å². The molecule has 0 saturated carbocycles. The highest BCUT2D eigenvalue weighted by molar-refractivity contribution is 7.89. The molecule has 1 heterocycles. The van der Waals surface area contributed by atoms with Gasteiger partial charge in [-0.1, -0.05) is 43.6 Å². The number of sulfonamides is 1. The zero-order valence-electron chi connectivity index (χ0n) is 16.6. The molecule has 0 aliphatic heterocycles. The molecule has 1 N–H and O–H groups in total. The summed E-state index contributed by atoms with van der Waals surface area (Å²) in [7, 11) is -3.59. The Morgan fingerprint density at radius 2 is 1.83 bits per heavy atom. The third-order valence-electron chi connectivity index (χ3n) is 4.45. The van der Waals surface area contributed by atoms with E-state index in [1.54, 1.807) is 38.1 Å². The van der Waals surface area contributed by atoms with E-state index in [9.17, 15) is 13.2 Å². The van der Waals surface area contributed by atoms with Crippen LogP contribution in [0.15, 0.2) is 58.8 Å². The molecular weight excluding hydrogens is 442 g/mol. The molecule has 0 fully saturated rings. The number of carbonyl (C=O) groups excluding carboxylic acids is 1. The molecule has 0 atom stereocenters. The molecule has 1 aromatic heterocycles. The Morgan fingerprint density at radius 1 is 1.13 bits per heavy atom. The maximum atomic E-state index is 12.7. The van der Waals surface area contributed by atoms with Crippen LogP contribution in [0.1, 0.15) is 19.5 Å². The van der Waals surface area contributed by atoms with Gasteiger partial charge in [-0.25, -0.2) is 13.4 Å². The number of carbonyl (C=O) groups is 1. The second-order valence-corrected chi connectivity index (χ2v) is 9.73. The Hall–Kier alpha value is -2.26. The van der Waals surface area contributed by atoms with Crippen molar-refractivity contribution >= 4 is 44.6 Å². The number of rotatable bonds is 8. The van der Waals surface area contributed by atoms with Crippen LogP contribution in [0.4, 0.5) is 5.69 Å². The summed E-state index contributed by atoms with van der Waals surface area (Å²) in [4.78, 5) is 17.1. The largest absolute Gasteiger partial charge is 0.326 e. The predicted molar refractivity (Wildman–Crippen MR) is 121 cm³/mol. The summed E-state index contributed by atoms with van der Waals surface area (Å²) in [5.74, 6) is -0.264. The number of aromatic nitrogens is 1. The second kappa shape index (κ2) is 9.70. The standard InChI is InChI=1S/C21H22ClN3O3S2/c1-3-25(4-2)30(27,28)19-7-5-6-17(12-19)23-20(26)13-18-14-29-21(24-18)15-8-10-16(22)11-9-15/h5-12,14H,3-4,13H2,1-2H3,(H,23,26). The van der Waals surface area contributed by atoms with Crippen molar-refractivity contribution in [2.45, 2.75) is 25.2 Å². The van der Waals surface area contributed by atoms with Crippen LogP contribution in [0.25, 0.3) is 10.6 Å². The van der Waals surface area contributed by atoms with E-state index < -0.39 is 10.0 Å². The maximum Gasteiger partial charge on any atom is 0.243 e. The molecule has 2 aromatic carbocycles. The molecule has 0 saturated heterocycles. The molecule has 0 bridgehead atoms. The number of hydrogen-bond acceptors (Lipinski definition) is 5. The minimum Gasteiger partial charge on any atom is -0.326 e. The average molecular weight is 464 g/mol. The lowest BCUT2D eigenvalue weighted by atomic mass is 10.2. The van der Waals surface area contributed by atoms with Crippen LogP contribution in [0, 0.1) is 0 Å². The van der Waals surface area contributed by atoms with Gasteiger partial charge in [0.05, 0.1) is 17.0 Å². The molecule has 6 nitrogen and oxygen atoms in total. The van der Waals surface area contributed by atoms with Crippen molar-refractivity contribution in [2.24, 2.45) is 0 Å². The molecule has 0 spiro atoms. The first-order chi connectivity index (χ1) is 14.3. The summed E-state index contributed by atoms with van der Waals surface area (Å²) >= 11 is 7.36. The fraction of sp³-hybridized carbons (Fsp3) is 0.238. The molecule has 9 heteroatoms. The normalized spacial score (nSPS) is 11.6. The van der Waals surface area contributed by atoms with Crippen LogP contribution in [-0.4, -0.2) is 36.7 Å². The van der Waals surface area contributed by atoms with Crippen molar-refractivity contribution in [3.8, 4) is 10.6 Å². The number of anilines is 1. The van der Waals surface area contributed by atoms with Crippen LogP contribution in [0.2, 0.25) is 5.02 Å². The van der Waals surface area contributed by atoms with Crippen molar-refractivity contribution in [1.29, 1.82) is 0 Å². The van der Waals surface area contributed by atoms with E-state index in [0.717, 1.165) is 10.6 Å². The molecule has 0 aliphatic rings. The molecule has 0 aliphatic carbocycles. The van der Waals surface area contributed by atoms with Crippen LogP contribution < -0.4 is 5.32 Å². The van der Waals surface area contributed by atoms with Gasteiger partial charge in [0.2, 0.25) is 15.9 Å². The average Bonchev–Trinajstić information content (AvgIpc) is 3.17. The summed E-state index contributed by atoms with van der Waals surface area (Å²) < 4.78 is 26.7. The number of amides is 1.